The molecule has 0 aliphatic rings. The minimum Gasteiger partial charge on any atom is -0.495 e. The highest BCUT2D eigenvalue weighted by molar-refractivity contribution is 9.11. The minimum atomic E-state index is -0.391. The molecular formula is C25H16Br2N4O3S. The van der Waals surface area contributed by atoms with Crippen molar-refractivity contribution in [1.29, 1.82) is 0 Å². The van der Waals surface area contributed by atoms with Gasteiger partial charge in [0, 0.05) is 22.6 Å². The summed E-state index contributed by atoms with van der Waals surface area (Å²) in [6.45, 7) is 0. The van der Waals surface area contributed by atoms with Crippen molar-refractivity contribution in [3.63, 3.8) is 0 Å². The number of rotatable bonds is 4. The average molecular weight is 612 g/mol. The van der Waals surface area contributed by atoms with Gasteiger partial charge in [-0.2, -0.15) is 0 Å². The predicted molar refractivity (Wildman–Crippen MR) is 147 cm³/mol. The molecule has 2 aromatic heterocycles. The van der Waals surface area contributed by atoms with E-state index in [1.54, 1.807) is 36.7 Å². The molecule has 0 unspecified atom stereocenters. The number of thiocarbonyl (C=S) groups is 1. The monoisotopic (exact) mass is 610 g/mol. The molecule has 5 aromatic rings. The summed E-state index contributed by atoms with van der Waals surface area (Å²) in [5.41, 5.74) is 3.02. The van der Waals surface area contributed by atoms with Crippen molar-refractivity contribution < 1.29 is 13.9 Å². The minimum absolute atomic E-state index is 0.139. The van der Waals surface area contributed by atoms with Crippen molar-refractivity contribution in [2.24, 2.45) is 0 Å². The second kappa shape index (κ2) is 9.73. The topological polar surface area (TPSA) is 89.3 Å². The lowest BCUT2D eigenvalue weighted by atomic mass is 10.1. The maximum Gasteiger partial charge on any atom is 0.261 e. The summed E-state index contributed by atoms with van der Waals surface area (Å²) in [6.07, 6.45) is 3.37. The molecule has 0 aliphatic heterocycles. The van der Waals surface area contributed by atoms with Crippen LogP contribution >= 0.6 is 44.1 Å². The third-order valence-electron chi connectivity index (χ3n) is 5.21. The second-order valence-corrected chi connectivity index (χ2v) is 9.61. The van der Waals surface area contributed by atoms with E-state index in [2.05, 4.69) is 52.5 Å². The van der Waals surface area contributed by atoms with Crippen LogP contribution in [0.2, 0.25) is 0 Å². The molecule has 35 heavy (non-hydrogen) atoms. The van der Waals surface area contributed by atoms with Gasteiger partial charge in [-0.05, 0) is 85.2 Å². The first-order valence-corrected chi connectivity index (χ1v) is 12.3. The van der Waals surface area contributed by atoms with Crippen molar-refractivity contribution in [2.45, 2.75) is 0 Å². The van der Waals surface area contributed by atoms with Crippen molar-refractivity contribution in [2.75, 3.05) is 12.4 Å². The van der Waals surface area contributed by atoms with Gasteiger partial charge in [-0.3, -0.25) is 15.1 Å². The zero-order chi connectivity index (χ0) is 24.5. The third-order valence-corrected chi connectivity index (χ3v) is 6.64. The van der Waals surface area contributed by atoms with E-state index >= 15 is 0 Å². The van der Waals surface area contributed by atoms with Crippen LogP contribution in [-0.4, -0.2) is 28.1 Å². The molecular weight excluding hydrogens is 596 g/mol. The van der Waals surface area contributed by atoms with E-state index < -0.39 is 5.91 Å². The van der Waals surface area contributed by atoms with Crippen LogP contribution in [0, 0.1) is 0 Å². The molecule has 3 aromatic carbocycles. The Labute approximate surface area is 222 Å². The van der Waals surface area contributed by atoms with Gasteiger partial charge in [0.15, 0.2) is 10.7 Å². The summed E-state index contributed by atoms with van der Waals surface area (Å²) in [5, 5.41) is 7.73. The van der Waals surface area contributed by atoms with E-state index in [0.29, 0.717) is 38.5 Å². The van der Waals surface area contributed by atoms with Gasteiger partial charge in [0.05, 0.1) is 22.7 Å². The van der Waals surface area contributed by atoms with Gasteiger partial charge in [-0.1, -0.05) is 24.3 Å². The maximum atomic E-state index is 13.0. The van der Waals surface area contributed by atoms with Gasteiger partial charge in [0.25, 0.3) is 5.91 Å². The SMILES string of the molecule is COc1c(C(=O)NC(=S)Nc2ccc3oc(-c4cncc(Br)c4)nc3c2)cc2ccccc2c1Br. The van der Waals surface area contributed by atoms with Gasteiger partial charge in [0.2, 0.25) is 5.89 Å². The van der Waals surface area contributed by atoms with Crippen molar-refractivity contribution in [3.05, 3.63) is 81.5 Å². The number of aromatic nitrogens is 2. The summed E-state index contributed by atoms with van der Waals surface area (Å²) >= 11 is 12.3. The van der Waals surface area contributed by atoms with Gasteiger partial charge < -0.3 is 14.5 Å². The molecule has 0 saturated carbocycles. The first kappa shape index (κ1) is 23.4. The molecule has 0 atom stereocenters. The number of hydrogen-bond donors (Lipinski definition) is 2. The Morgan fingerprint density at radius 1 is 1.09 bits per heavy atom. The average Bonchev–Trinajstić information content (AvgIpc) is 3.27. The summed E-state index contributed by atoms with van der Waals surface area (Å²) in [6, 6.07) is 16.7. The number of nitrogens with one attached hydrogen (secondary N) is 2. The first-order chi connectivity index (χ1) is 16.9. The molecule has 10 heteroatoms. The molecule has 0 spiro atoms. The smallest absolute Gasteiger partial charge is 0.261 e. The summed E-state index contributed by atoms with van der Waals surface area (Å²) < 4.78 is 12.9. The van der Waals surface area contributed by atoms with Crippen LogP contribution in [0.4, 0.5) is 5.69 Å². The Morgan fingerprint density at radius 3 is 2.71 bits per heavy atom. The molecule has 2 heterocycles. The maximum absolute atomic E-state index is 13.0. The fourth-order valence-electron chi connectivity index (χ4n) is 3.64. The Balaban J connectivity index is 1.35. The Morgan fingerprint density at radius 2 is 1.91 bits per heavy atom. The van der Waals surface area contributed by atoms with E-state index in [4.69, 9.17) is 21.4 Å². The molecule has 0 bridgehead atoms. The van der Waals surface area contributed by atoms with Crippen LogP contribution in [0.15, 0.2) is 80.4 Å². The van der Waals surface area contributed by atoms with Crippen LogP contribution in [-0.2, 0) is 0 Å². The number of hydrogen-bond acceptors (Lipinski definition) is 6. The first-order valence-electron chi connectivity index (χ1n) is 10.3. The van der Waals surface area contributed by atoms with Crippen molar-refractivity contribution in [3.8, 4) is 17.2 Å². The highest BCUT2D eigenvalue weighted by Crippen LogP contribution is 2.36. The number of halogens is 2. The number of carbonyl (C=O) groups excluding carboxylic acids is 1. The van der Waals surface area contributed by atoms with Crippen LogP contribution in [0.3, 0.4) is 0 Å². The van der Waals surface area contributed by atoms with E-state index in [1.807, 2.05) is 30.3 Å². The number of amides is 1. The van der Waals surface area contributed by atoms with Crippen LogP contribution < -0.4 is 15.4 Å². The molecule has 1 amide bonds. The highest BCUT2D eigenvalue weighted by atomic mass is 79.9. The number of oxazole rings is 1. The molecule has 174 valence electrons. The number of pyridine rings is 1. The number of benzene rings is 3. The lowest BCUT2D eigenvalue weighted by Crippen LogP contribution is -2.34. The van der Waals surface area contributed by atoms with Crippen LogP contribution in [0.5, 0.6) is 5.75 Å². The van der Waals surface area contributed by atoms with Gasteiger partial charge in [0.1, 0.15) is 11.3 Å². The molecule has 0 saturated heterocycles. The summed E-state index contributed by atoms with van der Waals surface area (Å²) in [4.78, 5) is 21.7. The number of nitrogens with zero attached hydrogens (tertiary/aromatic N) is 2. The molecule has 0 radical (unpaired) electrons. The fraction of sp³-hybridized carbons (Fsp3) is 0.0400. The second-order valence-electron chi connectivity index (χ2n) is 7.49. The van der Waals surface area contributed by atoms with E-state index in [1.165, 1.54) is 7.11 Å². The Bertz CT molecular complexity index is 1620. The van der Waals surface area contributed by atoms with Gasteiger partial charge in [-0.25, -0.2) is 4.98 Å². The number of anilines is 1. The Kier molecular flexibility index (Phi) is 6.50. The molecule has 7 nitrogen and oxygen atoms in total. The Hall–Kier alpha value is -3.34. The summed E-state index contributed by atoms with van der Waals surface area (Å²) in [5.74, 6) is 0.496. The number of methoxy groups -OCH3 is 1. The van der Waals surface area contributed by atoms with Crippen molar-refractivity contribution in [1.82, 2.24) is 15.3 Å². The van der Waals surface area contributed by atoms with E-state index in [9.17, 15) is 4.79 Å². The molecule has 5 rings (SSSR count). The van der Waals surface area contributed by atoms with Crippen molar-refractivity contribution >= 4 is 82.7 Å². The highest BCUT2D eigenvalue weighted by Gasteiger charge is 2.19. The standard InChI is InChI=1S/C25H16Br2N4O3S/c1-33-22-18(9-13-4-2-3-5-17(13)21(22)27)23(32)31-25(35)29-16-6-7-20-19(10-16)30-24(34-20)14-8-15(26)12-28-11-14/h2-12H,1H3,(H2,29,31,32,35). The zero-order valence-electron chi connectivity index (χ0n) is 18.1. The number of carbonyl (C=O) groups is 1. The van der Waals surface area contributed by atoms with Gasteiger partial charge >= 0.3 is 0 Å². The summed E-state index contributed by atoms with van der Waals surface area (Å²) in [7, 11) is 1.52. The fourth-order valence-corrected chi connectivity index (χ4v) is 4.95. The molecule has 2 N–H and O–H groups in total. The van der Waals surface area contributed by atoms with E-state index in [-0.39, 0.29) is 5.11 Å². The number of ether oxygens (including phenoxy) is 1. The van der Waals surface area contributed by atoms with E-state index in [0.717, 1.165) is 20.8 Å². The molecule has 0 fully saturated rings. The normalized spacial score (nSPS) is 10.9. The quantitative estimate of drug-likeness (QED) is 0.219. The lowest BCUT2D eigenvalue weighted by Gasteiger charge is -2.14. The predicted octanol–water partition coefficient (Wildman–Crippen LogP) is 6.70. The van der Waals surface area contributed by atoms with Gasteiger partial charge in [-0.15, -0.1) is 0 Å². The van der Waals surface area contributed by atoms with Crippen LogP contribution in [0.1, 0.15) is 10.4 Å². The lowest BCUT2D eigenvalue weighted by molar-refractivity contribution is 0.0975. The molecule has 0 aliphatic carbocycles. The number of fused-ring (bicyclic) bond motifs is 2. The van der Waals surface area contributed by atoms with Crippen LogP contribution in [0.25, 0.3) is 33.3 Å². The zero-order valence-corrected chi connectivity index (χ0v) is 22.1. The largest absolute Gasteiger partial charge is 0.495 e. The third kappa shape index (κ3) is 4.77.